The van der Waals surface area contributed by atoms with Gasteiger partial charge in [-0.2, -0.15) is 0 Å². The van der Waals surface area contributed by atoms with Crippen LogP contribution in [-0.2, 0) is 9.05 Å². The first kappa shape index (κ1) is 10.3. The minimum Gasteiger partial charge on any atom is -0.631 e. The molecule has 12 heavy (non-hydrogen) atoms. The average Bonchev–Trinajstić information content (AvgIpc) is 2.27. The van der Waals surface area contributed by atoms with Gasteiger partial charge >= 0.3 is 0 Å². The van der Waals surface area contributed by atoms with E-state index < -0.39 is 20.2 Å². The van der Waals surface area contributed by atoms with Crippen LogP contribution in [0.15, 0.2) is 0 Å². The van der Waals surface area contributed by atoms with Crippen molar-refractivity contribution in [1.29, 1.82) is 0 Å². The number of aliphatic hydroxyl groups excluding tert-OH is 2. The molecule has 0 aromatic carbocycles. The molecule has 0 aliphatic carbocycles. The number of rotatable bonds is 3. The molecular formula is C6H13O5P. The van der Waals surface area contributed by atoms with Crippen LogP contribution in [0.4, 0.5) is 0 Å². The molecule has 0 radical (unpaired) electrons. The normalized spacial score (nSPS) is 42.0. The molecule has 6 heteroatoms. The first-order chi connectivity index (χ1) is 5.61. The lowest BCUT2D eigenvalue weighted by Crippen LogP contribution is -2.26. The summed E-state index contributed by atoms with van der Waals surface area (Å²) in [5, 5.41) is 17.9. The van der Waals surface area contributed by atoms with Crippen LogP contribution in [0.25, 0.3) is 0 Å². The average molecular weight is 196 g/mol. The second kappa shape index (κ2) is 3.96. The highest BCUT2D eigenvalue weighted by molar-refractivity contribution is 7.59. The fourth-order valence-corrected chi connectivity index (χ4v) is 3.06. The Labute approximate surface area is 71.5 Å². The zero-order valence-electron chi connectivity index (χ0n) is 6.84. The van der Waals surface area contributed by atoms with Crippen LogP contribution < -0.4 is 4.89 Å². The maximum atomic E-state index is 11.5. The summed E-state index contributed by atoms with van der Waals surface area (Å²) in [5.74, 6) is 0. The second-order valence-electron chi connectivity index (χ2n) is 2.61. The monoisotopic (exact) mass is 196 g/mol. The standard InChI is InChI=1S/C6H13O5P/c1-2-10-12(9)4-5(8)6(3-7)11-12/h5-8H,2-4H2,1H3/t5-,6+,12?/m1/s1. The molecule has 0 saturated carbocycles. The van der Waals surface area contributed by atoms with Crippen LogP contribution in [0.2, 0.25) is 0 Å². The van der Waals surface area contributed by atoms with Crippen molar-refractivity contribution in [3.63, 3.8) is 0 Å². The molecule has 2 N–H and O–H groups in total. The Kier molecular flexibility index (Phi) is 3.40. The zero-order chi connectivity index (χ0) is 9.19. The van der Waals surface area contributed by atoms with E-state index in [1.54, 1.807) is 6.92 Å². The molecule has 5 nitrogen and oxygen atoms in total. The molecular weight excluding hydrogens is 183 g/mol. The Bertz CT molecular complexity index is 155. The Morgan fingerprint density at radius 1 is 1.75 bits per heavy atom. The van der Waals surface area contributed by atoms with E-state index in [4.69, 9.17) is 14.2 Å². The lowest BCUT2D eigenvalue weighted by molar-refractivity contribution is -0.217. The van der Waals surface area contributed by atoms with E-state index >= 15 is 0 Å². The van der Waals surface area contributed by atoms with Gasteiger partial charge in [0.25, 0.3) is 0 Å². The summed E-state index contributed by atoms with van der Waals surface area (Å²) in [6, 6.07) is 0. The molecule has 1 rings (SSSR count). The first-order valence-corrected chi connectivity index (χ1v) is 5.55. The third kappa shape index (κ3) is 2.13. The van der Waals surface area contributed by atoms with Gasteiger partial charge in [0.1, 0.15) is 12.3 Å². The Hall–Kier alpha value is 0.230. The van der Waals surface area contributed by atoms with Gasteiger partial charge in [-0.3, -0.25) is 0 Å². The van der Waals surface area contributed by atoms with Crippen LogP contribution >= 0.6 is 7.94 Å². The summed E-state index contributed by atoms with van der Waals surface area (Å²) in [5.41, 5.74) is 0. The van der Waals surface area contributed by atoms with E-state index in [1.165, 1.54) is 0 Å². The van der Waals surface area contributed by atoms with Gasteiger partial charge in [-0.15, -0.1) is 0 Å². The molecule has 1 unspecified atom stereocenters. The highest BCUT2D eigenvalue weighted by Crippen LogP contribution is 2.58. The van der Waals surface area contributed by atoms with E-state index in [0.29, 0.717) is 0 Å². The fraction of sp³-hybridized carbons (Fsp3) is 1.00. The summed E-state index contributed by atoms with van der Waals surface area (Å²) in [4.78, 5) is 11.5. The molecule has 1 aliphatic rings. The first-order valence-electron chi connectivity index (χ1n) is 3.82. The predicted molar refractivity (Wildman–Crippen MR) is 41.4 cm³/mol. The maximum absolute atomic E-state index is 11.5. The van der Waals surface area contributed by atoms with E-state index in [1.807, 2.05) is 0 Å². The van der Waals surface area contributed by atoms with Crippen molar-refractivity contribution < 1.29 is 24.2 Å². The molecule has 0 bridgehead atoms. The molecule has 3 atom stereocenters. The lowest BCUT2D eigenvalue weighted by atomic mass is 10.2. The van der Waals surface area contributed by atoms with E-state index in [0.717, 1.165) is 0 Å². The van der Waals surface area contributed by atoms with Crippen molar-refractivity contribution in [2.75, 3.05) is 19.4 Å². The van der Waals surface area contributed by atoms with Gasteiger partial charge in [0.2, 0.25) is 7.94 Å². The van der Waals surface area contributed by atoms with Crippen LogP contribution in [0.1, 0.15) is 6.92 Å². The number of hydrogen-bond donors (Lipinski definition) is 2. The lowest BCUT2D eigenvalue weighted by Gasteiger charge is -2.20. The zero-order valence-corrected chi connectivity index (χ0v) is 7.74. The fourth-order valence-electron chi connectivity index (χ4n) is 1.10. The highest BCUT2D eigenvalue weighted by atomic mass is 31.2. The van der Waals surface area contributed by atoms with Gasteiger partial charge in [0.15, 0.2) is 6.10 Å². The molecule has 72 valence electrons. The summed E-state index contributed by atoms with van der Waals surface area (Å²) >= 11 is 0. The van der Waals surface area contributed by atoms with Gasteiger partial charge < -0.3 is 15.1 Å². The largest absolute Gasteiger partial charge is 0.631 e. The Morgan fingerprint density at radius 2 is 2.42 bits per heavy atom. The third-order valence-corrected chi connectivity index (χ3v) is 3.71. The van der Waals surface area contributed by atoms with Crippen molar-refractivity contribution in [1.82, 2.24) is 0 Å². The van der Waals surface area contributed by atoms with Crippen molar-refractivity contribution >= 4 is 7.94 Å². The SMILES string of the molecule is CCO[P+]1([O-])C[C@@H](O)[C@H](CO)O1. The van der Waals surface area contributed by atoms with Crippen molar-refractivity contribution in [3.05, 3.63) is 0 Å². The molecule has 1 heterocycles. The highest BCUT2D eigenvalue weighted by Gasteiger charge is 2.47. The number of hydrogen-bond acceptors (Lipinski definition) is 5. The van der Waals surface area contributed by atoms with Crippen LogP contribution in [0.3, 0.4) is 0 Å². The molecule has 1 saturated heterocycles. The molecule has 0 aromatic heterocycles. The van der Waals surface area contributed by atoms with E-state index in [2.05, 4.69) is 0 Å². The molecule has 0 spiro atoms. The smallest absolute Gasteiger partial charge is 0.241 e. The minimum absolute atomic E-state index is 0.0218. The molecule has 0 aromatic rings. The van der Waals surface area contributed by atoms with Gasteiger partial charge in [-0.1, -0.05) is 0 Å². The number of aliphatic hydroxyl groups is 2. The van der Waals surface area contributed by atoms with Gasteiger partial charge in [0, 0.05) is 0 Å². The Morgan fingerprint density at radius 3 is 2.83 bits per heavy atom. The Balaban J connectivity index is 2.51. The van der Waals surface area contributed by atoms with Crippen molar-refractivity contribution in [2.45, 2.75) is 19.1 Å². The summed E-state index contributed by atoms with van der Waals surface area (Å²) in [7, 11) is -3.11. The quantitative estimate of drug-likeness (QED) is 0.560. The molecule has 1 fully saturated rings. The van der Waals surface area contributed by atoms with Crippen molar-refractivity contribution in [2.24, 2.45) is 0 Å². The van der Waals surface area contributed by atoms with Gasteiger partial charge in [0.05, 0.1) is 13.2 Å². The summed E-state index contributed by atoms with van der Waals surface area (Å²) < 4.78 is 9.74. The summed E-state index contributed by atoms with van der Waals surface area (Å²) in [6.07, 6.45) is -1.67. The maximum Gasteiger partial charge on any atom is 0.241 e. The minimum atomic E-state index is -3.11. The van der Waals surface area contributed by atoms with E-state index in [9.17, 15) is 10.00 Å². The van der Waals surface area contributed by atoms with Crippen LogP contribution in [0, 0.1) is 0 Å². The van der Waals surface area contributed by atoms with Gasteiger partial charge in [-0.05, 0) is 6.92 Å². The summed E-state index contributed by atoms with van der Waals surface area (Å²) in [6.45, 7) is 1.64. The molecule has 1 aliphatic heterocycles. The predicted octanol–water partition coefficient (Wildman–Crippen LogP) is -1.10. The van der Waals surface area contributed by atoms with Crippen LogP contribution in [-0.4, -0.2) is 41.8 Å². The second-order valence-corrected chi connectivity index (χ2v) is 4.66. The van der Waals surface area contributed by atoms with Crippen LogP contribution in [0.5, 0.6) is 0 Å². The molecule has 0 amide bonds. The van der Waals surface area contributed by atoms with Gasteiger partial charge in [-0.25, -0.2) is 9.05 Å². The van der Waals surface area contributed by atoms with E-state index in [-0.39, 0.29) is 19.4 Å². The third-order valence-electron chi connectivity index (χ3n) is 1.64. The van der Waals surface area contributed by atoms with Crippen molar-refractivity contribution in [3.8, 4) is 0 Å². The topological polar surface area (TPSA) is 82.0 Å².